The number of imidazole rings is 1. The fraction of sp³-hybridized carbons (Fsp3) is 0.440. The molecule has 1 aliphatic heterocycles. The van der Waals surface area contributed by atoms with E-state index in [-0.39, 0.29) is 23.8 Å². The standard InChI is InChI=1S/C25H29N3O3/c1-30-22-11-10-16(13-23(22)31-19-6-2-3-7-19)18-12-17(25(29)26-15-18)14-24-27-20-8-4-5-9-21(20)28-24/h4-5,8-11,13,17-19H,2-3,6-7,12,14-15H2,1H3,(H,26,29)(H,27,28)/t17-,18-/m1/s1. The van der Waals surface area contributed by atoms with Crippen LogP contribution in [-0.2, 0) is 11.2 Å². The number of para-hydroxylation sites is 2. The summed E-state index contributed by atoms with van der Waals surface area (Å²) < 4.78 is 11.8. The first-order valence-electron chi connectivity index (χ1n) is 11.3. The average molecular weight is 420 g/mol. The van der Waals surface area contributed by atoms with Crippen LogP contribution in [0.4, 0.5) is 0 Å². The third-order valence-corrected chi connectivity index (χ3v) is 6.60. The fourth-order valence-electron chi connectivity index (χ4n) is 4.89. The predicted octanol–water partition coefficient (Wildman–Crippen LogP) is 4.36. The number of methoxy groups -OCH3 is 1. The van der Waals surface area contributed by atoms with E-state index in [2.05, 4.69) is 27.4 Å². The van der Waals surface area contributed by atoms with Gasteiger partial charge >= 0.3 is 0 Å². The van der Waals surface area contributed by atoms with Gasteiger partial charge in [0.25, 0.3) is 0 Å². The lowest BCUT2D eigenvalue weighted by molar-refractivity contribution is -0.127. The van der Waals surface area contributed by atoms with Crippen molar-refractivity contribution in [2.24, 2.45) is 5.92 Å². The number of carbonyl (C=O) groups excluding carboxylic acids is 1. The highest BCUT2D eigenvalue weighted by atomic mass is 16.5. The number of amides is 1. The number of hydrogen-bond donors (Lipinski definition) is 2. The highest BCUT2D eigenvalue weighted by Gasteiger charge is 2.31. The number of aromatic amines is 1. The second kappa shape index (κ2) is 8.61. The Morgan fingerprint density at radius 1 is 1.10 bits per heavy atom. The normalized spacial score (nSPS) is 21.9. The van der Waals surface area contributed by atoms with Gasteiger partial charge in [-0.2, -0.15) is 0 Å². The Balaban J connectivity index is 1.33. The van der Waals surface area contributed by atoms with E-state index in [1.807, 2.05) is 30.3 Å². The number of carbonyl (C=O) groups is 1. The van der Waals surface area contributed by atoms with Gasteiger partial charge in [0, 0.05) is 24.8 Å². The number of nitrogens with one attached hydrogen (secondary N) is 2. The lowest BCUT2D eigenvalue weighted by atomic mass is 9.83. The molecule has 2 aromatic carbocycles. The number of hydrogen-bond acceptors (Lipinski definition) is 4. The van der Waals surface area contributed by atoms with E-state index in [9.17, 15) is 4.79 Å². The third-order valence-electron chi connectivity index (χ3n) is 6.60. The molecule has 2 aliphatic rings. The molecule has 6 nitrogen and oxygen atoms in total. The molecule has 0 bridgehead atoms. The number of H-pyrrole nitrogens is 1. The predicted molar refractivity (Wildman–Crippen MR) is 120 cm³/mol. The minimum Gasteiger partial charge on any atom is -0.493 e. The van der Waals surface area contributed by atoms with Gasteiger partial charge in [0.15, 0.2) is 11.5 Å². The van der Waals surface area contributed by atoms with Gasteiger partial charge in [0.1, 0.15) is 5.82 Å². The molecule has 1 aromatic heterocycles. The van der Waals surface area contributed by atoms with Crippen LogP contribution in [-0.4, -0.2) is 35.6 Å². The number of rotatable bonds is 6. The molecule has 1 aliphatic carbocycles. The van der Waals surface area contributed by atoms with Crippen molar-refractivity contribution in [2.45, 2.75) is 50.5 Å². The van der Waals surface area contributed by atoms with E-state index >= 15 is 0 Å². The van der Waals surface area contributed by atoms with Crippen LogP contribution >= 0.6 is 0 Å². The number of nitrogens with zero attached hydrogens (tertiary/aromatic N) is 1. The Morgan fingerprint density at radius 2 is 1.94 bits per heavy atom. The quantitative estimate of drug-likeness (QED) is 0.623. The van der Waals surface area contributed by atoms with Crippen molar-refractivity contribution >= 4 is 16.9 Å². The first-order valence-corrected chi connectivity index (χ1v) is 11.3. The number of ether oxygens (including phenoxy) is 2. The second-order valence-corrected chi connectivity index (χ2v) is 8.71. The van der Waals surface area contributed by atoms with E-state index in [0.717, 1.165) is 47.6 Å². The van der Waals surface area contributed by atoms with Crippen molar-refractivity contribution in [2.75, 3.05) is 13.7 Å². The Labute approximate surface area is 182 Å². The fourth-order valence-corrected chi connectivity index (χ4v) is 4.89. The summed E-state index contributed by atoms with van der Waals surface area (Å²) in [4.78, 5) is 20.6. The molecule has 0 radical (unpaired) electrons. The zero-order valence-corrected chi connectivity index (χ0v) is 17.9. The maximum atomic E-state index is 12.6. The largest absolute Gasteiger partial charge is 0.493 e. The van der Waals surface area contributed by atoms with E-state index in [1.54, 1.807) is 7.11 Å². The van der Waals surface area contributed by atoms with Crippen molar-refractivity contribution in [3.63, 3.8) is 0 Å². The van der Waals surface area contributed by atoms with Crippen LogP contribution in [0.25, 0.3) is 11.0 Å². The Bertz CT molecular complexity index is 1040. The summed E-state index contributed by atoms with van der Waals surface area (Å²) in [6, 6.07) is 14.2. The van der Waals surface area contributed by atoms with Gasteiger partial charge < -0.3 is 19.8 Å². The summed E-state index contributed by atoms with van der Waals surface area (Å²) in [5.74, 6) is 2.69. The molecule has 1 amide bonds. The lowest BCUT2D eigenvalue weighted by Crippen LogP contribution is -2.41. The van der Waals surface area contributed by atoms with Gasteiger partial charge in [0.2, 0.25) is 5.91 Å². The van der Waals surface area contributed by atoms with Gasteiger partial charge in [-0.05, 0) is 61.9 Å². The summed E-state index contributed by atoms with van der Waals surface area (Å²) in [6.45, 7) is 0.644. The molecule has 2 atom stereocenters. The van der Waals surface area contributed by atoms with E-state index in [1.165, 1.54) is 18.4 Å². The van der Waals surface area contributed by atoms with Crippen LogP contribution in [0.1, 0.15) is 49.4 Å². The first-order chi connectivity index (χ1) is 15.2. The summed E-state index contributed by atoms with van der Waals surface area (Å²) in [5.41, 5.74) is 3.13. The molecular weight excluding hydrogens is 390 g/mol. The van der Waals surface area contributed by atoms with Crippen LogP contribution in [0, 0.1) is 5.92 Å². The summed E-state index contributed by atoms with van der Waals surface area (Å²) in [6.07, 6.45) is 6.33. The lowest BCUT2D eigenvalue weighted by Gasteiger charge is -2.29. The van der Waals surface area contributed by atoms with Gasteiger partial charge in [-0.1, -0.05) is 18.2 Å². The topological polar surface area (TPSA) is 76.2 Å². The molecule has 162 valence electrons. The zero-order chi connectivity index (χ0) is 21.2. The molecule has 6 heteroatoms. The van der Waals surface area contributed by atoms with E-state index in [0.29, 0.717) is 13.0 Å². The molecule has 0 unspecified atom stereocenters. The molecule has 3 aromatic rings. The SMILES string of the molecule is COc1ccc([C@H]2CNC(=O)[C@@H](Cc3nc4ccccc4[nH]3)C2)cc1OC1CCCC1. The Hall–Kier alpha value is -3.02. The molecular formula is C25H29N3O3. The van der Waals surface area contributed by atoms with E-state index < -0.39 is 0 Å². The maximum absolute atomic E-state index is 12.6. The average Bonchev–Trinajstić information content (AvgIpc) is 3.44. The molecule has 1 saturated heterocycles. The minimum absolute atomic E-state index is 0.104. The van der Waals surface area contributed by atoms with Crippen LogP contribution in [0.2, 0.25) is 0 Å². The van der Waals surface area contributed by atoms with Crippen LogP contribution in [0.5, 0.6) is 11.5 Å². The summed E-state index contributed by atoms with van der Waals surface area (Å²) in [5, 5.41) is 3.10. The van der Waals surface area contributed by atoms with Gasteiger partial charge in [0.05, 0.1) is 24.2 Å². The van der Waals surface area contributed by atoms with Crippen LogP contribution in [0.15, 0.2) is 42.5 Å². The van der Waals surface area contributed by atoms with Crippen molar-refractivity contribution in [3.05, 3.63) is 53.9 Å². The van der Waals surface area contributed by atoms with Crippen molar-refractivity contribution < 1.29 is 14.3 Å². The van der Waals surface area contributed by atoms with Crippen molar-refractivity contribution in [1.82, 2.24) is 15.3 Å². The van der Waals surface area contributed by atoms with Crippen LogP contribution < -0.4 is 14.8 Å². The van der Waals surface area contributed by atoms with Gasteiger partial charge in [-0.3, -0.25) is 4.79 Å². The number of fused-ring (bicyclic) bond motifs is 1. The highest BCUT2D eigenvalue weighted by molar-refractivity contribution is 5.80. The number of aromatic nitrogens is 2. The second-order valence-electron chi connectivity index (χ2n) is 8.71. The van der Waals surface area contributed by atoms with E-state index in [4.69, 9.17) is 9.47 Å². The molecule has 1 saturated carbocycles. The molecule has 31 heavy (non-hydrogen) atoms. The highest BCUT2D eigenvalue weighted by Crippen LogP contribution is 2.37. The zero-order valence-electron chi connectivity index (χ0n) is 17.9. The van der Waals surface area contributed by atoms with Crippen molar-refractivity contribution in [1.29, 1.82) is 0 Å². The molecule has 2 N–H and O–H groups in total. The van der Waals surface area contributed by atoms with Crippen molar-refractivity contribution in [3.8, 4) is 11.5 Å². The first kappa shape index (κ1) is 19.9. The molecule has 2 fully saturated rings. The monoisotopic (exact) mass is 419 g/mol. The molecule has 5 rings (SSSR count). The number of benzene rings is 2. The summed E-state index contributed by atoms with van der Waals surface area (Å²) in [7, 11) is 1.68. The molecule has 2 heterocycles. The van der Waals surface area contributed by atoms with Gasteiger partial charge in [-0.25, -0.2) is 4.98 Å². The Morgan fingerprint density at radius 3 is 2.74 bits per heavy atom. The summed E-state index contributed by atoms with van der Waals surface area (Å²) >= 11 is 0. The smallest absolute Gasteiger partial charge is 0.223 e. The molecule has 0 spiro atoms. The van der Waals surface area contributed by atoms with Gasteiger partial charge in [-0.15, -0.1) is 0 Å². The maximum Gasteiger partial charge on any atom is 0.223 e. The Kier molecular flexibility index (Phi) is 5.53. The number of piperidine rings is 1. The third kappa shape index (κ3) is 4.24. The van der Waals surface area contributed by atoms with Crippen LogP contribution in [0.3, 0.4) is 0 Å². The minimum atomic E-state index is -0.111.